The van der Waals surface area contributed by atoms with Crippen LogP contribution < -0.4 is 0 Å². The number of hydrogen-bond acceptors (Lipinski definition) is 5. The highest BCUT2D eigenvalue weighted by atomic mass is 16.5. The van der Waals surface area contributed by atoms with Crippen LogP contribution in [0.15, 0.2) is 10.7 Å². The summed E-state index contributed by atoms with van der Waals surface area (Å²) in [5.41, 5.74) is 0.127. The van der Waals surface area contributed by atoms with Crippen molar-refractivity contribution in [2.75, 3.05) is 7.11 Å². The summed E-state index contributed by atoms with van der Waals surface area (Å²) in [6, 6.07) is 0.0459. The lowest BCUT2D eigenvalue weighted by Crippen LogP contribution is -2.36. The van der Waals surface area contributed by atoms with Crippen LogP contribution in [0.4, 0.5) is 0 Å². The minimum Gasteiger partial charge on any atom is -0.464 e. The number of nitrogens with zero attached hydrogens (tertiary/aromatic N) is 2. The molecule has 1 rings (SSSR count). The molecule has 154 valence electrons. The third-order valence-corrected chi connectivity index (χ3v) is 4.69. The predicted octanol–water partition coefficient (Wildman–Crippen LogP) is 5.12. The fourth-order valence-electron chi connectivity index (χ4n) is 3.02. The number of carbonyl (C=O) groups is 2. The Hall–Kier alpha value is -1.85. The molecule has 0 spiro atoms. The highest BCUT2D eigenvalue weighted by molar-refractivity contribution is 5.86. The summed E-state index contributed by atoms with van der Waals surface area (Å²) in [7, 11) is 1.30. The fourth-order valence-corrected chi connectivity index (χ4v) is 3.02. The maximum absolute atomic E-state index is 12.6. The van der Waals surface area contributed by atoms with E-state index >= 15 is 0 Å². The van der Waals surface area contributed by atoms with Crippen LogP contribution in [0.2, 0.25) is 0 Å². The normalized spacial score (nSPS) is 11.0. The SMILES string of the molecule is CCCCCCCCCCCC(=O)N(Cc1nc(C(=O)OC)co1)C(C)C. The van der Waals surface area contributed by atoms with Gasteiger partial charge in [0.25, 0.3) is 0 Å². The molecule has 1 heterocycles. The second-order valence-corrected chi connectivity index (χ2v) is 7.31. The van der Waals surface area contributed by atoms with Gasteiger partial charge in [-0.15, -0.1) is 0 Å². The average Bonchev–Trinajstić information content (AvgIpc) is 3.12. The van der Waals surface area contributed by atoms with Gasteiger partial charge in [0.2, 0.25) is 11.8 Å². The van der Waals surface area contributed by atoms with Crippen molar-refractivity contribution in [1.82, 2.24) is 9.88 Å². The molecular formula is C21H36N2O4. The zero-order valence-electron chi connectivity index (χ0n) is 17.5. The Labute approximate surface area is 163 Å². The van der Waals surface area contributed by atoms with E-state index in [0.29, 0.717) is 12.3 Å². The molecule has 27 heavy (non-hydrogen) atoms. The zero-order valence-corrected chi connectivity index (χ0v) is 17.5. The van der Waals surface area contributed by atoms with Crippen molar-refractivity contribution in [3.8, 4) is 0 Å². The number of carbonyl (C=O) groups excluding carboxylic acids is 2. The average molecular weight is 381 g/mol. The molecule has 0 N–H and O–H groups in total. The highest BCUT2D eigenvalue weighted by Crippen LogP contribution is 2.14. The van der Waals surface area contributed by atoms with Crippen molar-refractivity contribution >= 4 is 11.9 Å². The van der Waals surface area contributed by atoms with Crippen molar-refractivity contribution in [2.24, 2.45) is 0 Å². The summed E-state index contributed by atoms with van der Waals surface area (Å²) in [5, 5.41) is 0. The van der Waals surface area contributed by atoms with E-state index < -0.39 is 5.97 Å². The van der Waals surface area contributed by atoms with E-state index in [2.05, 4.69) is 16.6 Å². The highest BCUT2D eigenvalue weighted by Gasteiger charge is 2.20. The number of ether oxygens (including phenoxy) is 1. The molecule has 0 unspecified atom stereocenters. The largest absolute Gasteiger partial charge is 0.464 e. The van der Waals surface area contributed by atoms with Gasteiger partial charge in [0.15, 0.2) is 5.69 Å². The molecule has 6 nitrogen and oxygen atoms in total. The lowest BCUT2D eigenvalue weighted by molar-refractivity contribution is -0.134. The molecule has 0 saturated carbocycles. The quantitative estimate of drug-likeness (QED) is 0.331. The fraction of sp³-hybridized carbons (Fsp3) is 0.762. The van der Waals surface area contributed by atoms with Crippen LogP contribution in [0.3, 0.4) is 0 Å². The maximum atomic E-state index is 12.6. The predicted molar refractivity (Wildman–Crippen MR) is 105 cm³/mol. The van der Waals surface area contributed by atoms with Gasteiger partial charge >= 0.3 is 5.97 Å². The zero-order chi connectivity index (χ0) is 20.1. The first kappa shape index (κ1) is 23.2. The summed E-state index contributed by atoms with van der Waals surface area (Å²) < 4.78 is 9.93. The number of aromatic nitrogens is 1. The first-order chi connectivity index (χ1) is 13.0. The number of amides is 1. The van der Waals surface area contributed by atoms with Crippen LogP contribution in [-0.4, -0.2) is 34.9 Å². The molecule has 1 aromatic heterocycles. The Morgan fingerprint density at radius 2 is 1.67 bits per heavy atom. The van der Waals surface area contributed by atoms with E-state index in [1.165, 1.54) is 58.3 Å². The van der Waals surface area contributed by atoms with Gasteiger partial charge in [-0.25, -0.2) is 9.78 Å². The third-order valence-electron chi connectivity index (χ3n) is 4.69. The molecular weight excluding hydrogens is 344 g/mol. The monoisotopic (exact) mass is 380 g/mol. The van der Waals surface area contributed by atoms with Crippen LogP contribution in [0, 0.1) is 0 Å². The van der Waals surface area contributed by atoms with Gasteiger partial charge < -0.3 is 14.1 Å². The van der Waals surface area contributed by atoms with Gasteiger partial charge in [0.1, 0.15) is 6.26 Å². The van der Waals surface area contributed by atoms with Crippen molar-refractivity contribution in [3.05, 3.63) is 17.8 Å². The number of hydrogen-bond donors (Lipinski definition) is 0. The van der Waals surface area contributed by atoms with E-state index in [0.717, 1.165) is 12.8 Å². The lowest BCUT2D eigenvalue weighted by atomic mass is 10.1. The van der Waals surface area contributed by atoms with Crippen LogP contribution in [-0.2, 0) is 16.1 Å². The van der Waals surface area contributed by atoms with Crippen molar-refractivity contribution in [1.29, 1.82) is 0 Å². The summed E-state index contributed by atoms with van der Waals surface area (Å²) in [5.74, 6) is -0.0857. The Bertz CT molecular complexity index is 554. The third kappa shape index (κ3) is 9.07. The summed E-state index contributed by atoms with van der Waals surface area (Å²) in [6.07, 6.45) is 12.9. The topological polar surface area (TPSA) is 72.6 Å². The maximum Gasteiger partial charge on any atom is 0.360 e. The molecule has 1 aromatic rings. The summed E-state index contributed by atoms with van der Waals surface area (Å²) >= 11 is 0. The van der Waals surface area contributed by atoms with Crippen LogP contribution in [0.25, 0.3) is 0 Å². The summed E-state index contributed by atoms with van der Waals surface area (Å²) in [6.45, 7) is 6.44. The number of oxazole rings is 1. The molecule has 0 atom stereocenters. The first-order valence-corrected chi connectivity index (χ1v) is 10.3. The van der Waals surface area contributed by atoms with E-state index in [1.54, 1.807) is 4.90 Å². The van der Waals surface area contributed by atoms with E-state index in [-0.39, 0.29) is 24.2 Å². The summed E-state index contributed by atoms with van der Waals surface area (Å²) in [4.78, 5) is 29.9. The molecule has 0 saturated heterocycles. The van der Waals surface area contributed by atoms with Gasteiger partial charge in [-0.05, 0) is 20.3 Å². The Kier molecular flexibility index (Phi) is 11.5. The first-order valence-electron chi connectivity index (χ1n) is 10.3. The van der Waals surface area contributed by atoms with Gasteiger partial charge in [-0.3, -0.25) is 4.79 Å². The van der Waals surface area contributed by atoms with Crippen LogP contribution >= 0.6 is 0 Å². The minimum atomic E-state index is -0.540. The Morgan fingerprint density at radius 3 is 2.22 bits per heavy atom. The molecule has 0 aliphatic heterocycles. The Morgan fingerprint density at radius 1 is 1.07 bits per heavy atom. The van der Waals surface area contributed by atoms with E-state index in [1.807, 2.05) is 13.8 Å². The van der Waals surface area contributed by atoms with Gasteiger partial charge in [-0.1, -0.05) is 58.3 Å². The molecule has 0 radical (unpaired) electrons. The van der Waals surface area contributed by atoms with Crippen molar-refractivity contribution < 1.29 is 18.7 Å². The molecule has 0 aliphatic rings. The van der Waals surface area contributed by atoms with Crippen molar-refractivity contribution in [2.45, 2.75) is 97.6 Å². The number of esters is 1. The van der Waals surface area contributed by atoms with Crippen LogP contribution in [0.5, 0.6) is 0 Å². The van der Waals surface area contributed by atoms with E-state index in [4.69, 9.17) is 4.42 Å². The van der Waals surface area contributed by atoms with E-state index in [9.17, 15) is 9.59 Å². The van der Waals surface area contributed by atoms with Gasteiger partial charge in [-0.2, -0.15) is 0 Å². The molecule has 0 aromatic carbocycles. The van der Waals surface area contributed by atoms with Gasteiger partial charge in [0.05, 0.1) is 13.7 Å². The molecule has 6 heteroatoms. The number of methoxy groups -OCH3 is 1. The minimum absolute atomic E-state index is 0.0459. The number of unbranched alkanes of at least 4 members (excludes halogenated alkanes) is 8. The molecule has 1 amide bonds. The Balaban J connectivity index is 2.32. The smallest absolute Gasteiger partial charge is 0.360 e. The lowest BCUT2D eigenvalue weighted by Gasteiger charge is -2.25. The van der Waals surface area contributed by atoms with Crippen molar-refractivity contribution in [3.63, 3.8) is 0 Å². The van der Waals surface area contributed by atoms with Crippen LogP contribution in [0.1, 0.15) is 101 Å². The molecule has 0 aliphatic carbocycles. The standard InChI is InChI=1S/C21H36N2O4/c1-5-6-7-8-9-10-11-12-13-14-20(24)23(17(2)3)15-19-22-18(16-27-19)21(25)26-4/h16-17H,5-15H2,1-4H3. The number of rotatable bonds is 14. The molecule has 0 fully saturated rings. The molecule has 0 bridgehead atoms. The second-order valence-electron chi connectivity index (χ2n) is 7.31. The second kappa shape index (κ2) is 13.3. The van der Waals surface area contributed by atoms with Gasteiger partial charge in [0, 0.05) is 12.5 Å².